The molecule has 2 nitrogen and oxygen atoms in total. The van der Waals surface area contributed by atoms with E-state index in [9.17, 15) is 4.79 Å². The van der Waals surface area contributed by atoms with Gasteiger partial charge in [-0.25, -0.2) is 0 Å². The van der Waals surface area contributed by atoms with Crippen molar-refractivity contribution in [2.45, 2.75) is 27.2 Å². The molecule has 0 aromatic heterocycles. The maximum absolute atomic E-state index is 10.0. The van der Waals surface area contributed by atoms with E-state index >= 15 is 0 Å². The molecule has 0 aromatic rings. The van der Waals surface area contributed by atoms with Crippen LogP contribution in [0.25, 0.3) is 0 Å². The van der Waals surface area contributed by atoms with Crippen molar-refractivity contribution in [2.75, 3.05) is 0 Å². The zero-order chi connectivity index (χ0) is 6.78. The molecule has 0 saturated heterocycles. The summed E-state index contributed by atoms with van der Waals surface area (Å²) >= 11 is 0. The SMILES string of the molecule is CC(C)(C)CC(=O)O.[Zn]. The largest absolute Gasteiger partial charge is 0.481 e. The molecule has 1 N–H and O–H groups in total. The average Bonchev–Trinajstić information content (AvgIpc) is 1.21. The van der Waals surface area contributed by atoms with Crippen molar-refractivity contribution < 1.29 is 29.4 Å². The predicted octanol–water partition coefficient (Wildman–Crippen LogP) is 1.50. The second-order valence-corrected chi connectivity index (χ2v) is 3.13. The Morgan fingerprint density at radius 3 is 1.78 bits per heavy atom. The van der Waals surface area contributed by atoms with E-state index in [1.54, 1.807) is 0 Å². The molecule has 0 rings (SSSR count). The molecular formula is C6H12O2Zn. The Bertz CT molecular complexity index is 93.7. The van der Waals surface area contributed by atoms with Crippen LogP contribution in [0.15, 0.2) is 0 Å². The first-order chi connectivity index (χ1) is 3.42. The average molecular weight is 182 g/mol. The van der Waals surface area contributed by atoms with Crippen LogP contribution in [0, 0.1) is 5.41 Å². The smallest absolute Gasteiger partial charge is 0.303 e. The molecule has 3 heteroatoms. The minimum atomic E-state index is -0.725. The van der Waals surface area contributed by atoms with Gasteiger partial charge in [0, 0.05) is 19.5 Å². The van der Waals surface area contributed by atoms with Crippen LogP contribution < -0.4 is 0 Å². The number of rotatable bonds is 1. The van der Waals surface area contributed by atoms with Crippen LogP contribution in [-0.2, 0) is 24.3 Å². The summed E-state index contributed by atoms with van der Waals surface area (Å²) in [5.41, 5.74) is -0.0775. The summed E-state index contributed by atoms with van der Waals surface area (Å²) in [5.74, 6) is -0.725. The summed E-state index contributed by atoms with van der Waals surface area (Å²) in [6.45, 7) is 5.71. The Morgan fingerprint density at radius 2 is 1.78 bits per heavy atom. The van der Waals surface area contributed by atoms with E-state index in [1.807, 2.05) is 20.8 Å². The first kappa shape index (κ1) is 11.8. The molecule has 50 valence electrons. The van der Waals surface area contributed by atoms with Crippen LogP contribution >= 0.6 is 0 Å². The van der Waals surface area contributed by atoms with Crippen molar-refractivity contribution in [3.8, 4) is 0 Å². The number of aliphatic carboxylic acids is 1. The number of carboxylic acid groups (broad SMARTS) is 1. The maximum atomic E-state index is 10.0. The van der Waals surface area contributed by atoms with Crippen molar-refractivity contribution >= 4 is 5.97 Å². The number of carbonyl (C=O) groups is 1. The fourth-order valence-corrected chi connectivity index (χ4v) is 0.454. The zero-order valence-electron chi connectivity index (χ0n) is 6.27. The molecular weight excluding hydrogens is 169 g/mol. The summed E-state index contributed by atoms with van der Waals surface area (Å²) in [6, 6.07) is 0. The molecule has 0 aromatic carbocycles. The predicted molar refractivity (Wildman–Crippen MR) is 31.7 cm³/mol. The molecule has 0 unspecified atom stereocenters. The third-order valence-electron chi connectivity index (χ3n) is 0.682. The van der Waals surface area contributed by atoms with Crippen molar-refractivity contribution in [3.05, 3.63) is 0 Å². The van der Waals surface area contributed by atoms with Gasteiger partial charge in [-0.2, -0.15) is 0 Å². The quantitative estimate of drug-likeness (QED) is 0.623. The van der Waals surface area contributed by atoms with Crippen LogP contribution in [-0.4, -0.2) is 11.1 Å². The van der Waals surface area contributed by atoms with Crippen molar-refractivity contribution in [2.24, 2.45) is 5.41 Å². The second kappa shape index (κ2) is 4.00. The summed E-state index contributed by atoms with van der Waals surface area (Å²) in [4.78, 5) is 10.0. The van der Waals surface area contributed by atoms with Crippen LogP contribution in [0.3, 0.4) is 0 Å². The minimum absolute atomic E-state index is 0. The van der Waals surface area contributed by atoms with Gasteiger partial charge in [0.25, 0.3) is 0 Å². The molecule has 0 aliphatic rings. The Kier molecular flexibility index (Phi) is 5.26. The maximum Gasteiger partial charge on any atom is 0.303 e. The summed E-state index contributed by atoms with van der Waals surface area (Å²) in [7, 11) is 0. The first-order valence-electron chi connectivity index (χ1n) is 2.63. The molecule has 0 atom stereocenters. The van der Waals surface area contributed by atoms with Crippen LogP contribution in [0.1, 0.15) is 27.2 Å². The molecule has 0 spiro atoms. The van der Waals surface area contributed by atoms with Gasteiger partial charge in [-0.3, -0.25) is 4.79 Å². The molecule has 0 bridgehead atoms. The first-order valence-corrected chi connectivity index (χ1v) is 2.63. The minimum Gasteiger partial charge on any atom is -0.481 e. The van der Waals surface area contributed by atoms with E-state index in [-0.39, 0.29) is 31.3 Å². The number of carboxylic acids is 1. The normalized spacial score (nSPS) is 10.1. The molecule has 9 heavy (non-hydrogen) atoms. The molecule has 0 heterocycles. The van der Waals surface area contributed by atoms with Gasteiger partial charge in [-0.15, -0.1) is 0 Å². The van der Waals surface area contributed by atoms with Gasteiger partial charge >= 0.3 is 5.97 Å². The van der Waals surface area contributed by atoms with Crippen molar-refractivity contribution in [1.29, 1.82) is 0 Å². The molecule has 0 saturated carbocycles. The Labute approximate surface area is 68.4 Å². The molecule has 0 aliphatic heterocycles. The van der Waals surface area contributed by atoms with Gasteiger partial charge in [-0.05, 0) is 5.41 Å². The van der Waals surface area contributed by atoms with E-state index in [1.165, 1.54) is 0 Å². The van der Waals surface area contributed by atoms with Crippen molar-refractivity contribution in [1.82, 2.24) is 0 Å². The molecule has 0 amide bonds. The van der Waals surface area contributed by atoms with E-state index in [2.05, 4.69) is 0 Å². The van der Waals surface area contributed by atoms with Gasteiger partial charge in [0.1, 0.15) is 0 Å². The van der Waals surface area contributed by atoms with Crippen LogP contribution in [0.4, 0.5) is 0 Å². The van der Waals surface area contributed by atoms with Gasteiger partial charge in [-0.1, -0.05) is 20.8 Å². The molecule has 0 radical (unpaired) electrons. The fraction of sp³-hybridized carbons (Fsp3) is 0.833. The summed E-state index contributed by atoms with van der Waals surface area (Å²) in [5, 5.41) is 8.25. The van der Waals surface area contributed by atoms with Gasteiger partial charge in [0.05, 0.1) is 6.42 Å². The Balaban J connectivity index is 0. The zero-order valence-corrected chi connectivity index (χ0v) is 9.24. The van der Waals surface area contributed by atoms with Crippen molar-refractivity contribution in [3.63, 3.8) is 0 Å². The third kappa shape index (κ3) is 11.6. The standard InChI is InChI=1S/C6H12O2.Zn/c1-6(2,3)4-5(7)8;/h4H2,1-3H3,(H,7,8);. The summed E-state index contributed by atoms with van der Waals surface area (Å²) < 4.78 is 0. The van der Waals surface area contributed by atoms with E-state index in [4.69, 9.17) is 5.11 Å². The second-order valence-electron chi connectivity index (χ2n) is 3.13. The van der Waals surface area contributed by atoms with E-state index in [0.717, 1.165) is 0 Å². The number of hydrogen-bond acceptors (Lipinski definition) is 1. The third-order valence-corrected chi connectivity index (χ3v) is 0.682. The van der Waals surface area contributed by atoms with Gasteiger partial charge < -0.3 is 5.11 Å². The molecule has 0 fully saturated rings. The van der Waals surface area contributed by atoms with Gasteiger partial charge in [0.15, 0.2) is 0 Å². The van der Waals surface area contributed by atoms with Crippen LogP contribution in [0.2, 0.25) is 0 Å². The fourth-order valence-electron chi connectivity index (χ4n) is 0.454. The van der Waals surface area contributed by atoms with Gasteiger partial charge in [0.2, 0.25) is 0 Å². The Hall–Kier alpha value is 0.0934. The topological polar surface area (TPSA) is 37.3 Å². The monoisotopic (exact) mass is 180 g/mol. The molecule has 0 aliphatic carbocycles. The number of hydrogen-bond donors (Lipinski definition) is 1. The Morgan fingerprint density at radius 1 is 1.44 bits per heavy atom. The van der Waals surface area contributed by atoms with E-state index in [0.29, 0.717) is 0 Å². The summed E-state index contributed by atoms with van der Waals surface area (Å²) in [6.07, 6.45) is 0.243. The van der Waals surface area contributed by atoms with E-state index < -0.39 is 5.97 Å². The van der Waals surface area contributed by atoms with Crippen LogP contribution in [0.5, 0.6) is 0 Å².